The summed E-state index contributed by atoms with van der Waals surface area (Å²) in [6.45, 7) is 1.35. The molecule has 1 N–H and O–H groups in total. The quantitative estimate of drug-likeness (QED) is 0.678. The predicted molar refractivity (Wildman–Crippen MR) is 87.0 cm³/mol. The monoisotopic (exact) mass is 326 g/mol. The number of aryl methyl sites for hydroxylation is 2. The lowest BCUT2D eigenvalue weighted by atomic mass is 9.96. The Labute approximate surface area is 139 Å². The van der Waals surface area contributed by atoms with Gasteiger partial charge < -0.3 is 14.6 Å². The van der Waals surface area contributed by atoms with E-state index in [1.165, 1.54) is 14.0 Å². The molecule has 1 unspecified atom stereocenters. The third kappa shape index (κ3) is 3.03. The summed E-state index contributed by atoms with van der Waals surface area (Å²) >= 11 is 0. The molecule has 0 radical (unpaired) electrons. The van der Waals surface area contributed by atoms with E-state index in [0.717, 1.165) is 22.3 Å². The molecule has 0 aliphatic heterocycles. The highest BCUT2D eigenvalue weighted by Gasteiger charge is 2.23. The maximum Gasteiger partial charge on any atom is 0.337 e. The van der Waals surface area contributed by atoms with Gasteiger partial charge in [-0.2, -0.15) is 0 Å². The van der Waals surface area contributed by atoms with Crippen LogP contribution in [-0.4, -0.2) is 24.2 Å². The normalized spacial score (nSPS) is 15.7. The number of methoxy groups -OCH3 is 1. The number of carbonyl (C=O) groups is 2. The highest BCUT2D eigenvalue weighted by atomic mass is 16.5. The minimum atomic E-state index is -0.782. The number of ether oxygens (including phenoxy) is 2. The second-order valence-corrected chi connectivity index (χ2v) is 5.76. The van der Waals surface area contributed by atoms with Crippen LogP contribution in [0, 0.1) is 0 Å². The average Bonchev–Trinajstić information content (AvgIpc) is 2.70. The van der Waals surface area contributed by atoms with Gasteiger partial charge in [0.15, 0.2) is 0 Å². The summed E-state index contributed by atoms with van der Waals surface area (Å²) in [4.78, 5) is 22.8. The molecule has 124 valence electrons. The number of rotatable bonds is 2. The van der Waals surface area contributed by atoms with Crippen molar-refractivity contribution in [2.24, 2.45) is 0 Å². The van der Waals surface area contributed by atoms with Crippen molar-refractivity contribution < 1.29 is 24.2 Å². The Morgan fingerprint density at radius 2 is 1.67 bits per heavy atom. The maximum atomic E-state index is 11.7. The Bertz CT molecular complexity index is 809. The molecule has 0 heterocycles. The molecule has 5 nitrogen and oxygen atoms in total. The molecule has 2 aromatic carbocycles. The number of aliphatic hydroxyl groups is 1. The summed E-state index contributed by atoms with van der Waals surface area (Å²) in [5.74, 6) is -0.309. The zero-order valence-corrected chi connectivity index (χ0v) is 13.5. The minimum absolute atomic E-state index is 0.380. The van der Waals surface area contributed by atoms with E-state index in [-0.39, 0.29) is 5.97 Å². The van der Waals surface area contributed by atoms with Crippen molar-refractivity contribution in [1.29, 1.82) is 0 Å². The van der Waals surface area contributed by atoms with Crippen LogP contribution in [-0.2, 0) is 22.4 Å². The summed E-state index contributed by atoms with van der Waals surface area (Å²) in [6, 6.07) is 10.4. The van der Waals surface area contributed by atoms with Gasteiger partial charge >= 0.3 is 11.9 Å². The van der Waals surface area contributed by atoms with Crippen LogP contribution in [0.5, 0.6) is 5.75 Å². The zero-order valence-electron chi connectivity index (χ0n) is 13.5. The third-order valence-corrected chi connectivity index (χ3v) is 4.19. The van der Waals surface area contributed by atoms with Gasteiger partial charge in [0.1, 0.15) is 11.9 Å². The van der Waals surface area contributed by atoms with Crippen LogP contribution >= 0.6 is 0 Å². The molecular weight excluding hydrogens is 308 g/mol. The van der Waals surface area contributed by atoms with E-state index in [1.807, 2.05) is 0 Å². The lowest BCUT2D eigenvalue weighted by Crippen LogP contribution is -2.06. The first-order chi connectivity index (χ1) is 11.5. The van der Waals surface area contributed by atoms with Crippen LogP contribution in [0.4, 0.5) is 0 Å². The molecule has 5 heteroatoms. The molecule has 0 amide bonds. The van der Waals surface area contributed by atoms with Gasteiger partial charge in [0.25, 0.3) is 0 Å². The van der Waals surface area contributed by atoms with E-state index in [4.69, 9.17) is 9.47 Å². The van der Waals surface area contributed by atoms with Gasteiger partial charge in [-0.05, 0) is 59.4 Å². The molecular formula is C19H18O5. The van der Waals surface area contributed by atoms with Gasteiger partial charge in [-0.15, -0.1) is 0 Å². The van der Waals surface area contributed by atoms with Gasteiger partial charge in [-0.25, -0.2) is 4.79 Å². The van der Waals surface area contributed by atoms with Crippen LogP contribution in [0.1, 0.15) is 45.6 Å². The van der Waals surface area contributed by atoms with E-state index in [9.17, 15) is 14.7 Å². The molecule has 24 heavy (non-hydrogen) atoms. The first-order valence-electron chi connectivity index (χ1n) is 7.70. The largest absolute Gasteiger partial charge is 0.465 e. The second-order valence-electron chi connectivity index (χ2n) is 5.76. The van der Waals surface area contributed by atoms with Crippen molar-refractivity contribution in [1.82, 2.24) is 0 Å². The Morgan fingerprint density at radius 3 is 2.29 bits per heavy atom. The molecule has 3 rings (SSSR count). The average molecular weight is 326 g/mol. The first-order valence-corrected chi connectivity index (χ1v) is 7.70. The van der Waals surface area contributed by atoms with Gasteiger partial charge in [-0.3, -0.25) is 4.79 Å². The van der Waals surface area contributed by atoms with Crippen LogP contribution < -0.4 is 4.74 Å². The summed E-state index contributed by atoms with van der Waals surface area (Å²) in [5, 5.41) is 10.7. The van der Waals surface area contributed by atoms with Crippen molar-refractivity contribution in [2.45, 2.75) is 25.9 Å². The SMILES string of the molecule is COC(=O)c1ccc2c(c1)CCc1cc(OC(C)=O)ccc1C2O. The Kier molecular flexibility index (Phi) is 4.36. The number of hydrogen-bond donors (Lipinski definition) is 1. The number of fused-ring (bicyclic) bond motifs is 2. The Morgan fingerprint density at radius 1 is 1.04 bits per heavy atom. The fraction of sp³-hybridized carbons (Fsp3) is 0.263. The number of benzene rings is 2. The molecule has 2 aromatic rings. The van der Waals surface area contributed by atoms with Crippen LogP contribution in [0.2, 0.25) is 0 Å². The van der Waals surface area contributed by atoms with E-state index in [2.05, 4.69) is 0 Å². The molecule has 0 fully saturated rings. The molecule has 1 aliphatic carbocycles. The standard InChI is InChI=1S/C19H18O5/c1-11(20)24-15-6-8-17-13(10-15)4-3-12-9-14(19(22)23-2)5-7-16(12)18(17)21/h5-10,18,21H,3-4H2,1-2H3. The number of esters is 2. The van der Waals surface area contributed by atoms with Gasteiger partial charge in [-0.1, -0.05) is 12.1 Å². The summed E-state index contributed by atoms with van der Waals surface area (Å²) in [5.41, 5.74) is 3.87. The molecule has 1 aliphatic rings. The fourth-order valence-electron chi connectivity index (χ4n) is 3.07. The summed E-state index contributed by atoms with van der Waals surface area (Å²) in [6.07, 6.45) is 0.572. The topological polar surface area (TPSA) is 72.8 Å². The Balaban J connectivity index is 1.98. The van der Waals surface area contributed by atoms with Crippen LogP contribution in [0.3, 0.4) is 0 Å². The fourth-order valence-corrected chi connectivity index (χ4v) is 3.07. The van der Waals surface area contributed by atoms with Crippen LogP contribution in [0.15, 0.2) is 36.4 Å². The maximum absolute atomic E-state index is 11.7. The van der Waals surface area contributed by atoms with E-state index in [1.54, 1.807) is 36.4 Å². The predicted octanol–water partition coefficient (Wildman–Crippen LogP) is 2.58. The van der Waals surface area contributed by atoms with Gasteiger partial charge in [0.2, 0.25) is 0 Å². The molecule has 0 saturated heterocycles. The second kappa shape index (κ2) is 6.45. The van der Waals surface area contributed by atoms with Gasteiger partial charge in [0, 0.05) is 6.92 Å². The Hall–Kier alpha value is -2.66. The van der Waals surface area contributed by atoms with Crippen molar-refractivity contribution in [2.75, 3.05) is 7.11 Å². The number of hydrogen-bond acceptors (Lipinski definition) is 5. The van der Waals surface area contributed by atoms with E-state index >= 15 is 0 Å². The number of carbonyl (C=O) groups excluding carboxylic acids is 2. The minimum Gasteiger partial charge on any atom is -0.465 e. The highest BCUT2D eigenvalue weighted by Crippen LogP contribution is 2.34. The van der Waals surface area contributed by atoms with Crippen molar-refractivity contribution >= 4 is 11.9 Å². The first kappa shape index (κ1) is 16.2. The number of aliphatic hydroxyl groups excluding tert-OH is 1. The van der Waals surface area contributed by atoms with Gasteiger partial charge in [0.05, 0.1) is 12.7 Å². The van der Waals surface area contributed by atoms with Crippen LogP contribution in [0.25, 0.3) is 0 Å². The van der Waals surface area contributed by atoms with Crippen molar-refractivity contribution in [3.63, 3.8) is 0 Å². The third-order valence-electron chi connectivity index (χ3n) is 4.19. The van der Waals surface area contributed by atoms with E-state index in [0.29, 0.717) is 24.2 Å². The summed E-state index contributed by atoms with van der Waals surface area (Å²) in [7, 11) is 1.34. The molecule has 0 saturated carbocycles. The zero-order chi connectivity index (χ0) is 17.3. The van der Waals surface area contributed by atoms with E-state index < -0.39 is 12.1 Å². The molecule has 0 spiro atoms. The smallest absolute Gasteiger partial charge is 0.337 e. The van der Waals surface area contributed by atoms with Crippen molar-refractivity contribution in [3.8, 4) is 5.75 Å². The molecule has 1 atom stereocenters. The molecule has 0 aromatic heterocycles. The highest BCUT2D eigenvalue weighted by molar-refractivity contribution is 5.89. The summed E-state index contributed by atoms with van der Waals surface area (Å²) < 4.78 is 9.87. The molecule has 0 bridgehead atoms. The lowest BCUT2D eigenvalue weighted by molar-refractivity contribution is -0.131. The lowest BCUT2D eigenvalue weighted by Gasteiger charge is -2.15. The van der Waals surface area contributed by atoms with Crippen molar-refractivity contribution in [3.05, 3.63) is 64.2 Å².